The maximum absolute atomic E-state index is 12.6. The second-order valence-electron chi connectivity index (χ2n) is 4.12. The lowest BCUT2D eigenvalue weighted by Crippen LogP contribution is -2.42. The summed E-state index contributed by atoms with van der Waals surface area (Å²) in [7, 11) is -4.15. The quantitative estimate of drug-likeness (QED) is 0.559. The molecular formula is C11H14F4N2O3S. The summed E-state index contributed by atoms with van der Waals surface area (Å²) in [6.45, 7) is -2.00. The molecule has 10 heteroatoms. The lowest BCUT2D eigenvalue weighted by molar-refractivity contribution is -0.122. The van der Waals surface area contributed by atoms with Gasteiger partial charge in [-0.25, -0.2) is 21.9 Å². The Hall–Kier alpha value is -1.55. The van der Waals surface area contributed by atoms with Gasteiger partial charge in [-0.05, 0) is 12.1 Å². The second kappa shape index (κ2) is 6.94. The van der Waals surface area contributed by atoms with E-state index in [-0.39, 0.29) is 6.61 Å². The van der Waals surface area contributed by atoms with Crippen LogP contribution in [0, 0.1) is 0 Å². The Morgan fingerprint density at radius 2 is 2.00 bits per heavy atom. The molecule has 0 aliphatic carbocycles. The average molecular weight is 330 g/mol. The molecule has 3 N–H and O–H groups in total. The maximum atomic E-state index is 12.6. The molecule has 1 rings (SSSR count). The molecule has 0 heterocycles. The van der Waals surface area contributed by atoms with Gasteiger partial charge in [-0.3, -0.25) is 0 Å². The second-order valence-corrected chi connectivity index (χ2v) is 6.05. The Morgan fingerprint density at radius 1 is 1.33 bits per heavy atom. The van der Waals surface area contributed by atoms with Crippen LogP contribution in [-0.2, 0) is 10.0 Å². The van der Waals surface area contributed by atoms with Crippen molar-refractivity contribution in [1.29, 1.82) is 0 Å². The molecule has 0 saturated carbocycles. The number of alkyl halides is 4. The van der Waals surface area contributed by atoms with Gasteiger partial charge in [0.1, 0.15) is 12.4 Å². The van der Waals surface area contributed by atoms with Crippen LogP contribution in [0.2, 0.25) is 0 Å². The first-order chi connectivity index (χ1) is 9.62. The molecule has 1 aromatic carbocycles. The third kappa shape index (κ3) is 6.17. The van der Waals surface area contributed by atoms with Crippen molar-refractivity contribution in [1.82, 2.24) is 4.72 Å². The smallest absolute Gasteiger partial charge is 0.320 e. The van der Waals surface area contributed by atoms with Crippen LogP contribution in [0.5, 0.6) is 5.75 Å². The number of hydrogen-bond acceptors (Lipinski definition) is 4. The Kier molecular flexibility index (Phi) is 5.78. The normalized spacial score (nSPS) is 12.6. The number of benzene rings is 1. The van der Waals surface area contributed by atoms with Gasteiger partial charge in [0.2, 0.25) is 10.0 Å². The van der Waals surface area contributed by atoms with Crippen molar-refractivity contribution in [3.63, 3.8) is 0 Å². The van der Waals surface area contributed by atoms with Crippen LogP contribution < -0.4 is 15.2 Å². The van der Waals surface area contributed by atoms with Gasteiger partial charge in [-0.1, -0.05) is 6.07 Å². The minimum absolute atomic E-state index is 0.308. The highest BCUT2D eigenvalue weighted by Gasteiger charge is 2.41. The molecular weight excluding hydrogens is 316 g/mol. The molecule has 0 saturated heterocycles. The molecule has 0 bridgehead atoms. The zero-order valence-corrected chi connectivity index (χ0v) is 11.5. The minimum Gasteiger partial charge on any atom is -0.492 e. The lowest BCUT2D eigenvalue weighted by Gasteiger charge is -2.16. The van der Waals surface area contributed by atoms with E-state index in [1.54, 1.807) is 12.1 Å². The first kappa shape index (κ1) is 17.5. The lowest BCUT2D eigenvalue weighted by atomic mass is 10.3. The predicted octanol–water partition coefficient (Wildman–Crippen LogP) is 1.47. The Morgan fingerprint density at radius 3 is 2.57 bits per heavy atom. The fourth-order valence-electron chi connectivity index (χ4n) is 1.23. The summed E-state index contributed by atoms with van der Waals surface area (Å²) in [6, 6.07) is 6.16. The number of halogens is 4. The summed E-state index contributed by atoms with van der Waals surface area (Å²) in [5.41, 5.74) is 5.88. The van der Waals surface area contributed by atoms with Gasteiger partial charge in [0.05, 0.1) is 12.3 Å². The van der Waals surface area contributed by atoms with Gasteiger partial charge >= 0.3 is 12.3 Å². The van der Waals surface area contributed by atoms with Crippen molar-refractivity contribution >= 4 is 15.7 Å². The third-order valence-electron chi connectivity index (χ3n) is 2.33. The topological polar surface area (TPSA) is 81.4 Å². The number of rotatable bonds is 8. The van der Waals surface area contributed by atoms with Gasteiger partial charge in [0.15, 0.2) is 0 Å². The summed E-state index contributed by atoms with van der Waals surface area (Å²) in [6.07, 6.45) is -3.94. The first-order valence-electron chi connectivity index (χ1n) is 5.74. The Labute approximate surface area is 119 Å². The Bertz CT molecular complexity index is 566. The standard InChI is InChI=1S/C11H14F4N2O3S/c12-10(13)11(14,15)7-17-21(18,19)5-4-20-9-3-1-2-8(16)6-9/h1-3,6,10,17H,4-5,7,16H2. The summed E-state index contributed by atoms with van der Waals surface area (Å²) in [5.74, 6) is -4.76. The molecule has 0 aliphatic rings. The van der Waals surface area contributed by atoms with Crippen molar-refractivity contribution in [2.75, 3.05) is 24.6 Å². The summed E-state index contributed by atoms with van der Waals surface area (Å²) in [4.78, 5) is 0. The molecule has 5 nitrogen and oxygen atoms in total. The van der Waals surface area contributed by atoms with Gasteiger partial charge in [-0.2, -0.15) is 8.78 Å². The van der Waals surface area contributed by atoms with E-state index >= 15 is 0 Å². The number of sulfonamides is 1. The van der Waals surface area contributed by atoms with Crippen molar-refractivity contribution in [2.45, 2.75) is 12.3 Å². The van der Waals surface area contributed by atoms with Crippen LogP contribution in [0.15, 0.2) is 24.3 Å². The van der Waals surface area contributed by atoms with Crippen LogP contribution in [0.4, 0.5) is 23.2 Å². The summed E-state index contributed by atoms with van der Waals surface area (Å²) < 4.78 is 78.1. The number of anilines is 1. The Balaban J connectivity index is 2.43. The molecule has 0 unspecified atom stereocenters. The van der Waals surface area contributed by atoms with Crippen LogP contribution in [0.1, 0.15) is 0 Å². The SMILES string of the molecule is Nc1cccc(OCCS(=O)(=O)NCC(F)(F)C(F)F)c1. The molecule has 0 radical (unpaired) electrons. The number of nitrogen functional groups attached to an aromatic ring is 1. The van der Waals surface area contributed by atoms with E-state index in [2.05, 4.69) is 0 Å². The zero-order valence-electron chi connectivity index (χ0n) is 10.7. The molecule has 0 aromatic heterocycles. The number of ether oxygens (including phenoxy) is 1. The van der Waals surface area contributed by atoms with E-state index in [4.69, 9.17) is 10.5 Å². The van der Waals surface area contributed by atoms with E-state index in [0.29, 0.717) is 11.4 Å². The predicted molar refractivity (Wildman–Crippen MR) is 69.1 cm³/mol. The van der Waals surface area contributed by atoms with Crippen molar-refractivity contribution in [2.24, 2.45) is 0 Å². The highest BCUT2D eigenvalue weighted by atomic mass is 32.2. The van der Waals surface area contributed by atoms with Gasteiger partial charge < -0.3 is 10.5 Å². The fourth-order valence-corrected chi connectivity index (χ4v) is 2.09. The largest absolute Gasteiger partial charge is 0.492 e. The minimum atomic E-state index is -4.41. The van der Waals surface area contributed by atoms with Gasteiger partial charge in [0, 0.05) is 11.8 Å². The van der Waals surface area contributed by atoms with Crippen molar-refractivity contribution in [3.8, 4) is 5.75 Å². The number of nitrogens with one attached hydrogen (secondary N) is 1. The van der Waals surface area contributed by atoms with Crippen molar-refractivity contribution < 1.29 is 30.7 Å². The van der Waals surface area contributed by atoms with Crippen LogP contribution >= 0.6 is 0 Å². The molecule has 0 aliphatic heterocycles. The monoisotopic (exact) mass is 330 g/mol. The molecule has 1 aromatic rings. The third-order valence-corrected chi connectivity index (χ3v) is 3.61. The average Bonchev–Trinajstić information content (AvgIpc) is 2.36. The van der Waals surface area contributed by atoms with Crippen LogP contribution in [0.3, 0.4) is 0 Å². The molecule has 0 spiro atoms. The molecule has 120 valence electrons. The molecule has 0 amide bonds. The van der Waals surface area contributed by atoms with E-state index in [0.717, 1.165) is 0 Å². The van der Waals surface area contributed by atoms with Gasteiger partial charge in [0.25, 0.3) is 0 Å². The van der Waals surface area contributed by atoms with Crippen LogP contribution in [-0.4, -0.2) is 39.7 Å². The number of nitrogens with two attached hydrogens (primary N) is 1. The zero-order chi connectivity index (χ0) is 16.1. The van der Waals surface area contributed by atoms with E-state index < -0.39 is 34.7 Å². The van der Waals surface area contributed by atoms with Crippen molar-refractivity contribution in [3.05, 3.63) is 24.3 Å². The van der Waals surface area contributed by atoms with Crippen LogP contribution in [0.25, 0.3) is 0 Å². The molecule has 0 fully saturated rings. The van der Waals surface area contributed by atoms with E-state index in [1.807, 2.05) is 0 Å². The fraction of sp³-hybridized carbons (Fsp3) is 0.455. The summed E-state index contributed by atoms with van der Waals surface area (Å²) in [5, 5.41) is 0. The van der Waals surface area contributed by atoms with Gasteiger partial charge in [-0.15, -0.1) is 0 Å². The van der Waals surface area contributed by atoms with E-state index in [1.165, 1.54) is 16.9 Å². The maximum Gasteiger partial charge on any atom is 0.320 e. The highest BCUT2D eigenvalue weighted by molar-refractivity contribution is 7.89. The first-order valence-corrected chi connectivity index (χ1v) is 7.39. The highest BCUT2D eigenvalue weighted by Crippen LogP contribution is 2.21. The van der Waals surface area contributed by atoms with E-state index in [9.17, 15) is 26.0 Å². The summed E-state index contributed by atoms with van der Waals surface area (Å²) >= 11 is 0. The molecule has 21 heavy (non-hydrogen) atoms. The number of hydrogen-bond donors (Lipinski definition) is 2. The molecule has 0 atom stereocenters.